The van der Waals surface area contributed by atoms with Crippen molar-refractivity contribution in [2.45, 2.75) is 533 Å². The number of hydrogen-bond donors (Lipinski definition) is 3. The fourth-order valence-corrected chi connectivity index (χ4v) is 14.5. The highest BCUT2D eigenvalue weighted by Crippen LogP contribution is 2.22. The van der Waals surface area contributed by atoms with Crippen molar-refractivity contribution >= 4 is 11.9 Å². The summed E-state index contributed by atoms with van der Waals surface area (Å²) in [6, 6.07) is -0.537. The number of rotatable bonds is 84. The molecule has 3 N–H and O–H groups in total. The Morgan fingerprint density at radius 1 is 0.258 bits per heavy atom. The van der Waals surface area contributed by atoms with Gasteiger partial charge in [-0.3, -0.25) is 9.59 Å². The molecule has 0 aliphatic carbocycles. The molecule has 0 bridgehead atoms. The minimum Gasteiger partial charge on any atom is -0.466 e. The number of nitrogens with one attached hydrogen (secondary N) is 1. The number of carbonyl (C=O) groups is 2. The minimum absolute atomic E-state index is 0.0223. The summed E-state index contributed by atoms with van der Waals surface area (Å²) in [7, 11) is 0. The van der Waals surface area contributed by atoms with Crippen LogP contribution in [0, 0.1) is 0 Å². The van der Waals surface area contributed by atoms with Gasteiger partial charge < -0.3 is 20.3 Å². The van der Waals surface area contributed by atoms with Gasteiger partial charge in [0.15, 0.2) is 0 Å². The second-order valence-corrected chi connectivity index (χ2v) is 30.6. The predicted octanol–water partition coefficient (Wildman–Crippen LogP) is 29.2. The summed E-state index contributed by atoms with van der Waals surface area (Å²) < 4.78 is 5.52. The lowest BCUT2D eigenvalue weighted by atomic mass is 10.0. The van der Waals surface area contributed by atoms with Crippen molar-refractivity contribution < 1.29 is 24.5 Å². The van der Waals surface area contributed by atoms with Crippen LogP contribution in [-0.2, 0) is 14.3 Å². The second-order valence-electron chi connectivity index (χ2n) is 30.6. The lowest BCUT2D eigenvalue weighted by Gasteiger charge is -2.22. The van der Waals surface area contributed by atoms with Gasteiger partial charge >= 0.3 is 5.97 Å². The number of unbranched alkanes of at least 4 members (excludes halogenated alkanes) is 73. The Hall–Kier alpha value is -1.14. The van der Waals surface area contributed by atoms with Crippen molar-refractivity contribution in [3.8, 4) is 0 Å². The van der Waals surface area contributed by atoms with E-state index in [9.17, 15) is 19.8 Å². The summed E-state index contributed by atoms with van der Waals surface area (Å²) >= 11 is 0. The molecule has 0 saturated heterocycles. The topological polar surface area (TPSA) is 95.9 Å². The normalized spacial score (nSPS) is 12.3. The first-order valence-electron chi connectivity index (χ1n) is 43.8. The SMILES string of the molecule is CCCCCCCCCCCCCCCCCCCCCCCCCC(O)C(CO)NC(=O)CCCCCCCCCCCCCCCCCCCCCCCCCCCCCCCCCCCCCCCOC(=O)CCCCCCCCCCCCCCCCCC. The first-order valence-corrected chi connectivity index (χ1v) is 43.8. The van der Waals surface area contributed by atoms with E-state index < -0.39 is 12.1 Å². The Bertz CT molecular complexity index is 1370. The lowest BCUT2D eigenvalue weighted by Crippen LogP contribution is -2.45. The Morgan fingerprint density at radius 2 is 0.441 bits per heavy atom. The molecule has 0 saturated carbocycles. The van der Waals surface area contributed by atoms with E-state index in [-0.39, 0.29) is 18.5 Å². The number of ether oxygens (including phenoxy) is 1. The van der Waals surface area contributed by atoms with E-state index in [2.05, 4.69) is 19.2 Å². The van der Waals surface area contributed by atoms with Crippen LogP contribution >= 0.6 is 0 Å². The second kappa shape index (κ2) is 83.3. The van der Waals surface area contributed by atoms with Crippen molar-refractivity contribution in [3.05, 3.63) is 0 Å². The lowest BCUT2D eigenvalue weighted by molar-refractivity contribution is -0.143. The molecule has 0 radical (unpaired) electrons. The number of amides is 1. The van der Waals surface area contributed by atoms with Crippen LogP contribution in [0.15, 0.2) is 0 Å². The van der Waals surface area contributed by atoms with Crippen LogP contribution in [0.1, 0.15) is 521 Å². The van der Waals surface area contributed by atoms with Gasteiger partial charge in [-0.25, -0.2) is 0 Å². The third-order valence-corrected chi connectivity index (χ3v) is 21.2. The molecule has 0 spiro atoms. The van der Waals surface area contributed by atoms with Crippen LogP contribution in [0.25, 0.3) is 0 Å². The van der Waals surface area contributed by atoms with Crippen molar-refractivity contribution in [1.29, 1.82) is 0 Å². The van der Waals surface area contributed by atoms with Crippen LogP contribution in [0.2, 0.25) is 0 Å². The average molecular weight is 1310 g/mol. The highest BCUT2D eigenvalue weighted by Gasteiger charge is 2.20. The van der Waals surface area contributed by atoms with Crippen LogP contribution in [0.5, 0.6) is 0 Å². The zero-order chi connectivity index (χ0) is 67.0. The average Bonchev–Trinajstić information content (AvgIpc) is 3.72. The van der Waals surface area contributed by atoms with Crippen molar-refractivity contribution in [2.75, 3.05) is 13.2 Å². The summed E-state index contributed by atoms with van der Waals surface area (Å²) in [4.78, 5) is 24.7. The minimum atomic E-state index is -0.661. The van der Waals surface area contributed by atoms with Gasteiger partial charge in [0.05, 0.1) is 25.4 Å². The molecule has 0 aromatic rings. The molecule has 0 aliphatic heterocycles. The number of hydrogen-bond acceptors (Lipinski definition) is 5. The van der Waals surface area contributed by atoms with Gasteiger partial charge in [0.1, 0.15) is 0 Å². The molecule has 6 heteroatoms. The van der Waals surface area contributed by atoms with E-state index in [1.807, 2.05) is 0 Å². The fourth-order valence-electron chi connectivity index (χ4n) is 14.5. The number of aliphatic hydroxyl groups excluding tert-OH is 2. The fraction of sp³-hybridized carbons (Fsp3) is 0.977. The molecule has 0 fully saturated rings. The molecular weight excluding hydrogens is 1140 g/mol. The van der Waals surface area contributed by atoms with Crippen LogP contribution in [0.4, 0.5) is 0 Å². The zero-order valence-electron chi connectivity index (χ0n) is 64.0. The predicted molar refractivity (Wildman–Crippen MR) is 412 cm³/mol. The smallest absolute Gasteiger partial charge is 0.305 e. The Morgan fingerprint density at radius 3 is 0.656 bits per heavy atom. The molecule has 556 valence electrons. The maximum absolute atomic E-state index is 12.6. The van der Waals surface area contributed by atoms with E-state index in [1.165, 1.54) is 449 Å². The summed E-state index contributed by atoms with van der Waals surface area (Å²) in [6.45, 7) is 5.03. The highest BCUT2D eigenvalue weighted by atomic mass is 16.5. The Balaban J connectivity index is 3.29. The van der Waals surface area contributed by atoms with Gasteiger partial charge in [0, 0.05) is 12.8 Å². The number of esters is 1. The van der Waals surface area contributed by atoms with Gasteiger partial charge in [-0.15, -0.1) is 0 Å². The standard InChI is InChI=1S/C87H173NO5/c1-3-5-7-9-11-13-15-17-19-21-22-23-39-42-45-48-51-55-59-63-67-71-75-79-85(90)84(83-89)88-86(91)80-76-72-68-64-60-56-52-49-46-43-40-37-35-33-31-29-27-25-24-26-28-30-32-34-36-38-41-44-47-50-54-58-62-66-70-74-78-82-93-87(92)81-77-73-69-65-61-57-53-20-18-16-14-12-10-8-6-4-2/h84-85,89-90H,3-83H2,1-2H3,(H,88,91). The molecule has 6 nitrogen and oxygen atoms in total. The summed E-state index contributed by atoms with van der Waals surface area (Å²) in [5.74, 6) is 0.00624. The summed E-state index contributed by atoms with van der Waals surface area (Å²) in [6.07, 6.45) is 105. The first-order chi connectivity index (χ1) is 46.0. The van der Waals surface area contributed by atoms with E-state index in [4.69, 9.17) is 4.74 Å². The van der Waals surface area contributed by atoms with Crippen LogP contribution in [-0.4, -0.2) is 47.4 Å². The summed E-state index contributed by atoms with van der Waals surface area (Å²) in [5, 5.41) is 23.5. The van der Waals surface area contributed by atoms with E-state index in [1.54, 1.807) is 0 Å². The Kier molecular flexibility index (Phi) is 82.3. The maximum Gasteiger partial charge on any atom is 0.305 e. The van der Waals surface area contributed by atoms with Crippen molar-refractivity contribution in [2.24, 2.45) is 0 Å². The molecule has 2 unspecified atom stereocenters. The third kappa shape index (κ3) is 79.7. The van der Waals surface area contributed by atoms with Crippen LogP contribution in [0.3, 0.4) is 0 Å². The summed E-state index contributed by atoms with van der Waals surface area (Å²) in [5.41, 5.74) is 0. The van der Waals surface area contributed by atoms with Gasteiger partial charge in [0.25, 0.3) is 0 Å². The molecule has 1 amide bonds. The van der Waals surface area contributed by atoms with Crippen molar-refractivity contribution in [3.63, 3.8) is 0 Å². The molecule has 0 aromatic heterocycles. The zero-order valence-corrected chi connectivity index (χ0v) is 64.0. The molecule has 0 aliphatic rings. The first kappa shape index (κ1) is 91.9. The van der Waals surface area contributed by atoms with Gasteiger partial charge in [-0.05, 0) is 25.7 Å². The molecule has 0 heterocycles. The molecule has 2 atom stereocenters. The number of aliphatic hydroxyl groups is 2. The van der Waals surface area contributed by atoms with Gasteiger partial charge in [-0.2, -0.15) is 0 Å². The van der Waals surface area contributed by atoms with E-state index in [0.29, 0.717) is 25.9 Å². The Labute approximate surface area is 585 Å². The van der Waals surface area contributed by atoms with Crippen molar-refractivity contribution in [1.82, 2.24) is 5.32 Å². The van der Waals surface area contributed by atoms with Crippen LogP contribution < -0.4 is 5.32 Å². The van der Waals surface area contributed by atoms with Gasteiger partial charge in [0.2, 0.25) is 5.91 Å². The van der Waals surface area contributed by atoms with Gasteiger partial charge in [-0.1, -0.05) is 483 Å². The molecule has 0 aromatic carbocycles. The highest BCUT2D eigenvalue weighted by molar-refractivity contribution is 5.76. The van der Waals surface area contributed by atoms with E-state index in [0.717, 1.165) is 38.5 Å². The quantitative estimate of drug-likeness (QED) is 0.0417. The monoisotopic (exact) mass is 1310 g/mol. The molecular formula is C87H173NO5. The molecule has 93 heavy (non-hydrogen) atoms. The third-order valence-electron chi connectivity index (χ3n) is 21.2. The number of carbonyl (C=O) groups excluding carboxylic acids is 2. The largest absolute Gasteiger partial charge is 0.466 e. The maximum atomic E-state index is 12.6. The molecule has 0 rings (SSSR count). The van der Waals surface area contributed by atoms with E-state index >= 15 is 0 Å².